The van der Waals surface area contributed by atoms with Crippen molar-refractivity contribution in [3.05, 3.63) is 151 Å². The number of benzene rings is 6. The molecule has 4 heteroatoms. The molecule has 0 spiro atoms. The third kappa shape index (κ3) is 3.61. The van der Waals surface area contributed by atoms with Crippen molar-refractivity contribution in [2.45, 2.75) is 50.5 Å². The maximum absolute atomic E-state index is 2.82. The molecule has 0 bridgehead atoms. The van der Waals surface area contributed by atoms with Crippen molar-refractivity contribution in [3.8, 4) is 0 Å². The highest BCUT2D eigenvalue weighted by Gasteiger charge is 2.61. The molecular weight excluding hydrogens is 581 g/mol. The standard InChI is InChI=1S/C44H38BN3/c1-43-28-14-15-29-44(43,2)48-40-30-34(46(31-16-6-3-7-17-31)32-18-8-4-9-19-32)24-26-37(40)45-36-22-12-13-23-38(36)47(33-20-10-5-11-21-33)39-27-25-35(43)42(48)41(39)45/h3-13,16-27,30H,14-15,28-29H2,1-2H3. The van der Waals surface area contributed by atoms with Gasteiger partial charge in [0.15, 0.2) is 0 Å². The average molecular weight is 620 g/mol. The summed E-state index contributed by atoms with van der Waals surface area (Å²) >= 11 is 0. The largest absolute Gasteiger partial charge is 0.335 e. The van der Waals surface area contributed by atoms with Gasteiger partial charge in [0, 0.05) is 50.9 Å². The van der Waals surface area contributed by atoms with Gasteiger partial charge in [0.1, 0.15) is 0 Å². The van der Waals surface area contributed by atoms with Crippen LogP contribution in [0.1, 0.15) is 45.1 Å². The minimum Gasteiger partial charge on any atom is -0.335 e. The van der Waals surface area contributed by atoms with Crippen LogP contribution in [0, 0.1) is 0 Å². The molecule has 6 aromatic rings. The summed E-state index contributed by atoms with van der Waals surface area (Å²) in [5.74, 6) is 0. The third-order valence-corrected chi connectivity index (χ3v) is 12.2. The molecule has 1 saturated carbocycles. The summed E-state index contributed by atoms with van der Waals surface area (Å²) in [6, 6.07) is 53.9. The molecule has 1 aliphatic carbocycles. The Balaban J connectivity index is 1.27. The van der Waals surface area contributed by atoms with Gasteiger partial charge in [-0.2, -0.15) is 0 Å². The number of hydrogen-bond acceptors (Lipinski definition) is 3. The summed E-state index contributed by atoms with van der Waals surface area (Å²) in [5.41, 5.74) is 15.9. The molecule has 4 aliphatic rings. The maximum Gasteiger partial charge on any atom is 0.252 e. The van der Waals surface area contributed by atoms with E-state index in [4.69, 9.17) is 0 Å². The highest BCUT2D eigenvalue weighted by Crippen LogP contribution is 2.62. The normalized spacial score (nSPS) is 21.2. The van der Waals surface area contributed by atoms with Crippen LogP contribution in [0.25, 0.3) is 0 Å². The summed E-state index contributed by atoms with van der Waals surface area (Å²) in [4.78, 5) is 7.75. The topological polar surface area (TPSA) is 9.72 Å². The van der Waals surface area contributed by atoms with Crippen LogP contribution >= 0.6 is 0 Å². The summed E-state index contributed by atoms with van der Waals surface area (Å²) < 4.78 is 0. The van der Waals surface area contributed by atoms with Crippen LogP contribution in [0.2, 0.25) is 0 Å². The fourth-order valence-electron chi connectivity index (χ4n) is 9.78. The van der Waals surface area contributed by atoms with Crippen LogP contribution in [0.4, 0.5) is 45.5 Å². The van der Waals surface area contributed by atoms with Gasteiger partial charge in [0.05, 0.1) is 5.54 Å². The molecule has 0 N–H and O–H groups in total. The quantitative estimate of drug-likeness (QED) is 0.182. The van der Waals surface area contributed by atoms with Crippen molar-refractivity contribution in [2.75, 3.05) is 14.7 Å². The van der Waals surface area contributed by atoms with E-state index in [1.165, 1.54) is 93.1 Å². The Morgan fingerprint density at radius 2 is 1.19 bits per heavy atom. The lowest BCUT2D eigenvalue weighted by Gasteiger charge is -2.52. The summed E-state index contributed by atoms with van der Waals surface area (Å²) in [6.07, 6.45) is 4.93. The fourth-order valence-corrected chi connectivity index (χ4v) is 9.78. The monoisotopic (exact) mass is 619 g/mol. The predicted octanol–water partition coefficient (Wildman–Crippen LogP) is 9.51. The first-order chi connectivity index (χ1) is 23.6. The van der Waals surface area contributed by atoms with Gasteiger partial charge >= 0.3 is 0 Å². The Kier molecular flexibility index (Phi) is 5.89. The van der Waals surface area contributed by atoms with Gasteiger partial charge in [-0.15, -0.1) is 0 Å². The van der Waals surface area contributed by atoms with Gasteiger partial charge < -0.3 is 14.7 Å². The van der Waals surface area contributed by atoms with Crippen molar-refractivity contribution < 1.29 is 0 Å². The molecule has 0 saturated heterocycles. The molecule has 10 rings (SSSR count). The highest BCUT2D eigenvalue weighted by molar-refractivity contribution is 7.00. The molecule has 1 fully saturated rings. The molecule has 3 nitrogen and oxygen atoms in total. The molecule has 0 aromatic heterocycles. The zero-order valence-electron chi connectivity index (χ0n) is 27.6. The lowest BCUT2D eigenvalue weighted by molar-refractivity contribution is 0.195. The van der Waals surface area contributed by atoms with E-state index in [0.717, 1.165) is 0 Å². The van der Waals surface area contributed by atoms with E-state index in [9.17, 15) is 0 Å². The molecule has 3 aliphatic heterocycles. The molecule has 48 heavy (non-hydrogen) atoms. The van der Waals surface area contributed by atoms with E-state index in [1.807, 2.05) is 0 Å². The van der Waals surface area contributed by atoms with E-state index in [2.05, 4.69) is 174 Å². The molecular formula is C44H38BN3. The number of hydrogen-bond donors (Lipinski definition) is 0. The number of fused-ring (bicyclic) bond motifs is 8. The Morgan fingerprint density at radius 3 is 1.92 bits per heavy atom. The third-order valence-electron chi connectivity index (χ3n) is 12.2. The lowest BCUT2D eigenvalue weighted by Crippen LogP contribution is -2.64. The van der Waals surface area contributed by atoms with Crippen LogP contribution in [-0.2, 0) is 5.41 Å². The summed E-state index contributed by atoms with van der Waals surface area (Å²) in [6.45, 7) is 5.28. The van der Waals surface area contributed by atoms with Crippen molar-refractivity contribution >= 4 is 68.6 Å². The van der Waals surface area contributed by atoms with Crippen LogP contribution in [0.15, 0.2) is 146 Å². The van der Waals surface area contributed by atoms with Crippen molar-refractivity contribution in [1.82, 2.24) is 0 Å². The minimum atomic E-state index is -0.0279. The molecule has 232 valence electrons. The lowest BCUT2D eigenvalue weighted by atomic mass is 9.33. The van der Waals surface area contributed by atoms with Gasteiger partial charge in [-0.1, -0.05) is 105 Å². The van der Waals surface area contributed by atoms with Crippen LogP contribution in [0.3, 0.4) is 0 Å². The van der Waals surface area contributed by atoms with E-state index < -0.39 is 0 Å². The fraction of sp³-hybridized carbons (Fsp3) is 0.182. The number of nitrogens with zero attached hydrogens (tertiary/aromatic N) is 3. The first kappa shape index (κ1) is 27.9. The second-order valence-corrected chi connectivity index (χ2v) is 14.5. The Labute approximate surface area is 284 Å². The Bertz CT molecular complexity index is 2160. The van der Waals surface area contributed by atoms with E-state index in [-0.39, 0.29) is 17.7 Å². The first-order valence-electron chi connectivity index (χ1n) is 17.5. The highest BCUT2D eigenvalue weighted by atomic mass is 15.3. The predicted molar refractivity (Wildman–Crippen MR) is 203 cm³/mol. The van der Waals surface area contributed by atoms with Crippen molar-refractivity contribution in [2.24, 2.45) is 0 Å². The van der Waals surface area contributed by atoms with Crippen LogP contribution in [0.5, 0.6) is 0 Å². The maximum atomic E-state index is 2.82. The minimum absolute atomic E-state index is 0.0279. The van der Waals surface area contributed by atoms with Gasteiger partial charge in [0.25, 0.3) is 6.71 Å². The molecule has 0 amide bonds. The zero-order chi connectivity index (χ0) is 32.0. The number of para-hydroxylation sites is 4. The molecule has 2 atom stereocenters. The SMILES string of the molecule is CC12CCCCC1(C)N1c3cc(N(c4ccccc4)c4ccccc4)ccc3B3c4ccccc4N(c4ccccc4)c4ccc2c1c43. The Morgan fingerprint density at radius 1 is 0.562 bits per heavy atom. The van der Waals surface area contributed by atoms with E-state index in [0.29, 0.717) is 0 Å². The number of rotatable bonds is 4. The second kappa shape index (κ2) is 10.1. The summed E-state index contributed by atoms with van der Waals surface area (Å²) in [5, 5.41) is 0. The van der Waals surface area contributed by atoms with Gasteiger partial charge in [-0.25, -0.2) is 0 Å². The van der Waals surface area contributed by atoms with Crippen LogP contribution < -0.4 is 31.1 Å². The van der Waals surface area contributed by atoms with Crippen molar-refractivity contribution in [1.29, 1.82) is 0 Å². The van der Waals surface area contributed by atoms with Gasteiger partial charge in [-0.3, -0.25) is 0 Å². The molecule has 6 aromatic carbocycles. The van der Waals surface area contributed by atoms with Crippen LogP contribution in [-0.4, -0.2) is 12.3 Å². The smallest absolute Gasteiger partial charge is 0.252 e. The Hall–Kier alpha value is -5.22. The van der Waals surface area contributed by atoms with Gasteiger partial charge in [0.2, 0.25) is 0 Å². The molecule has 0 radical (unpaired) electrons. The number of anilines is 8. The van der Waals surface area contributed by atoms with Gasteiger partial charge in [-0.05, 0) is 102 Å². The molecule has 3 heterocycles. The summed E-state index contributed by atoms with van der Waals surface area (Å²) in [7, 11) is 0. The first-order valence-corrected chi connectivity index (χ1v) is 17.5. The molecule has 2 unspecified atom stereocenters. The second-order valence-electron chi connectivity index (χ2n) is 14.5. The van der Waals surface area contributed by atoms with E-state index >= 15 is 0 Å². The average Bonchev–Trinajstić information content (AvgIpc) is 3.36. The van der Waals surface area contributed by atoms with Crippen molar-refractivity contribution in [3.63, 3.8) is 0 Å². The van der Waals surface area contributed by atoms with E-state index in [1.54, 1.807) is 0 Å². The zero-order valence-corrected chi connectivity index (χ0v) is 27.6.